The molecule has 21 heavy (non-hydrogen) atoms. The van der Waals surface area contributed by atoms with E-state index in [1.165, 1.54) is 0 Å². The summed E-state index contributed by atoms with van der Waals surface area (Å²) in [5.41, 5.74) is 2.43. The van der Waals surface area contributed by atoms with E-state index in [0.29, 0.717) is 15.8 Å². The summed E-state index contributed by atoms with van der Waals surface area (Å²) in [7, 11) is 3.38. The first-order valence-electron chi connectivity index (χ1n) is 6.44. The zero-order chi connectivity index (χ0) is 15.6. The van der Waals surface area contributed by atoms with E-state index in [-0.39, 0.29) is 11.1 Å². The van der Waals surface area contributed by atoms with Gasteiger partial charge < -0.3 is 10.1 Å². The van der Waals surface area contributed by atoms with Gasteiger partial charge >= 0.3 is 0 Å². The van der Waals surface area contributed by atoms with Gasteiger partial charge in [0.05, 0.1) is 18.2 Å². The van der Waals surface area contributed by atoms with Crippen LogP contribution in [-0.4, -0.2) is 14.2 Å². The third-order valence-corrected chi connectivity index (χ3v) is 4.62. The number of methoxy groups -OCH3 is 1. The fourth-order valence-corrected chi connectivity index (χ4v) is 2.80. The van der Waals surface area contributed by atoms with E-state index in [1.807, 2.05) is 25.1 Å². The Kier molecular flexibility index (Phi) is 5.25. The van der Waals surface area contributed by atoms with Gasteiger partial charge in [-0.2, -0.15) is 0 Å². The Morgan fingerprint density at radius 3 is 2.57 bits per heavy atom. The molecule has 0 bridgehead atoms. The highest BCUT2D eigenvalue weighted by atomic mass is 79.9. The second-order valence-electron chi connectivity index (χ2n) is 4.73. The first-order valence-corrected chi connectivity index (χ1v) is 7.62. The minimum atomic E-state index is -0.436. The van der Waals surface area contributed by atoms with Crippen LogP contribution in [0.15, 0.2) is 34.8 Å². The molecule has 0 fully saturated rings. The highest BCUT2D eigenvalue weighted by Crippen LogP contribution is 2.36. The van der Waals surface area contributed by atoms with Gasteiger partial charge in [-0.1, -0.05) is 35.4 Å². The molecule has 2 aromatic rings. The normalized spacial score (nSPS) is 12.3. The number of aryl methyl sites for hydroxylation is 1. The molecule has 0 heterocycles. The Morgan fingerprint density at radius 2 is 1.95 bits per heavy atom. The van der Waals surface area contributed by atoms with Crippen molar-refractivity contribution in [2.24, 2.45) is 0 Å². The van der Waals surface area contributed by atoms with E-state index < -0.39 is 5.82 Å². The largest absolute Gasteiger partial charge is 0.496 e. The van der Waals surface area contributed by atoms with Crippen molar-refractivity contribution in [3.63, 3.8) is 0 Å². The molecule has 1 N–H and O–H groups in total. The predicted molar refractivity (Wildman–Crippen MR) is 87.7 cm³/mol. The number of nitrogens with one attached hydrogen (secondary N) is 1. The van der Waals surface area contributed by atoms with Crippen LogP contribution in [0.1, 0.15) is 22.7 Å². The molecule has 0 spiro atoms. The van der Waals surface area contributed by atoms with Crippen molar-refractivity contribution in [1.29, 1.82) is 0 Å². The number of benzene rings is 2. The Bertz CT molecular complexity index is 663. The Labute approximate surface area is 137 Å². The molecule has 2 rings (SSSR count). The lowest BCUT2D eigenvalue weighted by molar-refractivity contribution is 0.404. The van der Waals surface area contributed by atoms with Gasteiger partial charge in [0.1, 0.15) is 11.6 Å². The van der Waals surface area contributed by atoms with Crippen molar-refractivity contribution >= 4 is 27.5 Å². The average Bonchev–Trinajstić information content (AvgIpc) is 2.48. The third kappa shape index (κ3) is 3.23. The van der Waals surface area contributed by atoms with Gasteiger partial charge in [-0.3, -0.25) is 0 Å². The van der Waals surface area contributed by atoms with Gasteiger partial charge in [-0.25, -0.2) is 4.39 Å². The molecule has 2 aromatic carbocycles. The first kappa shape index (κ1) is 16.3. The van der Waals surface area contributed by atoms with Gasteiger partial charge in [-0.15, -0.1) is 0 Å². The summed E-state index contributed by atoms with van der Waals surface area (Å²) in [6, 6.07) is 8.94. The van der Waals surface area contributed by atoms with Crippen molar-refractivity contribution in [2.45, 2.75) is 13.0 Å². The molecule has 112 valence electrons. The van der Waals surface area contributed by atoms with E-state index in [9.17, 15) is 4.39 Å². The second kappa shape index (κ2) is 6.77. The molecule has 0 radical (unpaired) electrons. The monoisotopic (exact) mass is 371 g/mol. The predicted octanol–water partition coefficient (Wildman–Crippen LogP) is 4.87. The van der Waals surface area contributed by atoms with Gasteiger partial charge in [0.15, 0.2) is 0 Å². The maximum Gasteiger partial charge on any atom is 0.148 e. The van der Waals surface area contributed by atoms with Crippen molar-refractivity contribution in [1.82, 2.24) is 5.32 Å². The Hall–Kier alpha value is -1.10. The molecule has 1 unspecified atom stereocenters. The second-order valence-corrected chi connectivity index (χ2v) is 5.96. The minimum absolute atomic E-state index is 0.0827. The number of rotatable bonds is 4. The summed E-state index contributed by atoms with van der Waals surface area (Å²) in [5.74, 6) is 0.271. The third-order valence-electron chi connectivity index (χ3n) is 3.36. The smallest absolute Gasteiger partial charge is 0.148 e. The van der Waals surface area contributed by atoms with E-state index >= 15 is 0 Å². The molecular weight excluding hydrogens is 357 g/mol. The molecule has 0 aliphatic carbocycles. The number of ether oxygens (including phenoxy) is 1. The van der Waals surface area contributed by atoms with Crippen LogP contribution in [-0.2, 0) is 0 Å². The fourth-order valence-electron chi connectivity index (χ4n) is 2.32. The van der Waals surface area contributed by atoms with Crippen LogP contribution in [0.25, 0.3) is 0 Å². The van der Waals surface area contributed by atoms with Crippen molar-refractivity contribution in [3.8, 4) is 5.75 Å². The molecular formula is C16H16BrClFNO. The molecule has 0 saturated heterocycles. The lowest BCUT2D eigenvalue weighted by Crippen LogP contribution is -2.20. The van der Waals surface area contributed by atoms with Crippen LogP contribution in [0.3, 0.4) is 0 Å². The van der Waals surface area contributed by atoms with E-state index in [4.69, 9.17) is 16.3 Å². The summed E-state index contributed by atoms with van der Waals surface area (Å²) in [6.45, 7) is 1.99. The molecule has 0 aliphatic rings. The summed E-state index contributed by atoms with van der Waals surface area (Å²) < 4.78 is 20.4. The topological polar surface area (TPSA) is 21.3 Å². The summed E-state index contributed by atoms with van der Waals surface area (Å²) in [5, 5.41) is 3.21. The molecule has 0 saturated carbocycles. The Balaban J connectivity index is 2.60. The van der Waals surface area contributed by atoms with Crippen LogP contribution < -0.4 is 10.1 Å². The van der Waals surface area contributed by atoms with Crippen LogP contribution >= 0.6 is 27.5 Å². The average molecular weight is 373 g/mol. The van der Waals surface area contributed by atoms with Gasteiger partial charge in [0.25, 0.3) is 0 Å². The highest BCUT2D eigenvalue weighted by Gasteiger charge is 2.22. The molecule has 0 amide bonds. The summed E-state index contributed by atoms with van der Waals surface area (Å²) in [4.78, 5) is 0. The van der Waals surface area contributed by atoms with E-state index in [2.05, 4.69) is 21.2 Å². The molecule has 1 atom stereocenters. The van der Waals surface area contributed by atoms with Crippen molar-refractivity contribution in [3.05, 3.63) is 62.3 Å². The van der Waals surface area contributed by atoms with E-state index in [1.54, 1.807) is 26.3 Å². The molecule has 0 aliphatic heterocycles. The number of halogens is 3. The standard InChI is InChI=1S/C16H16BrClFNO/c1-9-4-7-13(21-3)11(8-9)16(20-2)10-5-6-12(17)14(18)15(10)19/h4-8,16,20H,1-3H3. The van der Waals surface area contributed by atoms with Crippen molar-refractivity contribution < 1.29 is 9.13 Å². The van der Waals surface area contributed by atoms with Gasteiger partial charge in [0.2, 0.25) is 0 Å². The quantitative estimate of drug-likeness (QED) is 0.773. The van der Waals surface area contributed by atoms with Crippen LogP contribution in [0.2, 0.25) is 5.02 Å². The summed E-state index contributed by atoms with van der Waals surface area (Å²) in [6.07, 6.45) is 0. The zero-order valence-electron chi connectivity index (χ0n) is 12.0. The summed E-state index contributed by atoms with van der Waals surface area (Å²) >= 11 is 9.23. The van der Waals surface area contributed by atoms with Crippen LogP contribution in [0, 0.1) is 12.7 Å². The SMILES string of the molecule is CNC(c1cc(C)ccc1OC)c1ccc(Br)c(Cl)c1F. The maximum absolute atomic E-state index is 14.5. The van der Waals surface area contributed by atoms with Gasteiger partial charge in [-0.05, 0) is 42.0 Å². The van der Waals surface area contributed by atoms with E-state index in [0.717, 1.165) is 11.1 Å². The minimum Gasteiger partial charge on any atom is -0.496 e. The Morgan fingerprint density at radius 1 is 1.24 bits per heavy atom. The van der Waals surface area contributed by atoms with Crippen LogP contribution in [0.5, 0.6) is 5.75 Å². The molecule has 5 heteroatoms. The number of hydrogen-bond donors (Lipinski definition) is 1. The zero-order valence-corrected chi connectivity index (χ0v) is 14.3. The highest BCUT2D eigenvalue weighted by molar-refractivity contribution is 9.10. The maximum atomic E-state index is 14.5. The van der Waals surface area contributed by atoms with Crippen molar-refractivity contribution in [2.75, 3.05) is 14.2 Å². The number of hydrogen-bond acceptors (Lipinski definition) is 2. The molecule has 0 aromatic heterocycles. The first-order chi connectivity index (χ1) is 9.99. The lowest BCUT2D eigenvalue weighted by Gasteiger charge is -2.21. The molecule has 2 nitrogen and oxygen atoms in total. The van der Waals surface area contributed by atoms with Gasteiger partial charge in [0, 0.05) is 15.6 Å². The lowest BCUT2D eigenvalue weighted by atomic mass is 9.96. The van der Waals surface area contributed by atoms with Crippen LogP contribution in [0.4, 0.5) is 4.39 Å². The fraction of sp³-hybridized carbons (Fsp3) is 0.250.